The Morgan fingerprint density at radius 3 is 2.94 bits per heavy atom. The minimum Gasteiger partial charge on any atom is -0.333 e. The predicted octanol–water partition coefficient (Wildman–Crippen LogP) is 2.76. The van der Waals surface area contributed by atoms with Crippen molar-refractivity contribution in [1.82, 2.24) is 4.90 Å². The third kappa shape index (κ3) is 3.56. The van der Waals surface area contributed by atoms with E-state index in [9.17, 15) is 4.79 Å². The van der Waals surface area contributed by atoms with Gasteiger partial charge in [-0.3, -0.25) is 4.79 Å². The number of carbonyl (C=O) groups is 1. The lowest BCUT2D eigenvalue weighted by molar-refractivity contribution is -0.134. The van der Waals surface area contributed by atoms with Gasteiger partial charge in [-0.15, -0.1) is 11.3 Å². The Bertz CT molecular complexity index is 373. The fraction of sp³-hybridized carbons (Fsp3) is 0.643. The molecule has 1 heterocycles. The molecule has 1 atom stereocenters. The van der Waals surface area contributed by atoms with Crippen LogP contribution in [-0.2, 0) is 11.3 Å². The van der Waals surface area contributed by atoms with Crippen molar-refractivity contribution in [3.63, 3.8) is 0 Å². The summed E-state index contributed by atoms with van der Waals surface area (Å²) < 4.78 is 0. The Balaban J connectivity index is 1.94. The van der Waals surface area contributed by atoms with Gasteiger partial charge in [0.1, 0.15) is 0 Å². The lowest BCUT2D eigenvalue weighted by Crippen LogP contribution is -2.44. The van der Waals surface area contributed by atoms with Crippen LogP contribution in [0.5, 0.6) is 0 Å². The molecule has 4 heteroatoms. The molecule has 1 aromatic rings. The van der Waals surface area contributed by atoms with Crippen LogP contribution in [0.3, 0.4) is 0 Å². The first-order valence-corrected chi connectivity index (χ1v) is 7.68. The number of hydrogen-bond acceptors (Lipinski definition) is 3. The highest BCUT2D eigenvalue weighted by molar-refractivity contribution is 7.09. The Kier molecular flexibility index (Phi) is 4.78. The third-order valence-electron chi connectivity index (χ3n) is 3.36. The molecule has 0 saturated heterocycles. The Hall–Kier alpha value is -0.870. The summed E-state index contributed by atoms with van der Waals surface area (Å²) in [5.74, 6) is 0.138. The summed E-state index contributed by atoms with van der Waals surface area (Å²) in [4.78, 5) is 15.6. The second-order valence-corrected chi connectivity index (χ2v) is 6.06. The van der Waals surface area contributed by atoms with Crippen molar-refractivity contribution in [1.29, 1.82) is 0 Å². The van der Waals surface area contributed by atoms with E-state index in [1.807, 2.05) is 11.0 Å². The number of amides is 1. The van der Waals surface area contributed by atoms with Crippen LogP contribution < -0.4 is 5.73 Å². The summed E-state index contributed by atoms with van der Waals surface area (Å²) in [5.41, 5.74) is 6.01. The van der Waals surface area contributed by atoms with Gasteiger partial charge in [0.05, 0.1) is 12.6 Å². The summed E-state index contributed by atoms with van der Waals surface area (Å²) >= 11 is 1.71. The second-order valence-electron chi connectivity index (χ2n) is 5.03. The van der Waals surface area contributed by atoms with Gasteiger partial charge in [0.15, 0.2) is 0 Å². The molecule has 1 saturated carbocycles. The van der Waals surface area contributed by atoms with Crippen LogP contribution in [0.4, 0.5) is 0 Å². The van der Waals surface area contributed by atoms with E-state index >= 15 is 0 Å². The summed E-state index contributed by atoms with van der Waals surface area (Å²) in [5, 5.41) is 2.06. The highest BCUT2D eigenvalue weighted by atomic mass is 32.1. The van der Waals surface area contributed by atoms with Crippen LogP contribution >= 0.6 is 11.3 Å². The highest BCUT2D eigenvalue weighted by Crippen LogP contribution is 2.30. The van der Waals surface area contributed by atoms with E-state index in [2.05, 4.69) is 18.4 Å². The van der Waals surface area contributed by atoms with Crippen molar-refractivity contribution in [3.8, 4) is 0 Å². The molecule has 0 radical (unpaired) electrons. The number of unbranched alkanes of at least 4 members (excludes halogenated alkanes) is 1. The molecule has 0 aromatic carbocycles. The standard InChI is InChI=1S/C14H22N2OS/c1-2-3-6-13(15)14(17)16(11-7-8-11)10-12-5-4-9-18-12/h4-5,9,11,13H,2-3,6-8,10,15H2,1H3/t13-/m0/s1. The predicted molar refractivity (Wildman–Crippen MR) is 75.4 cm³/mol. The van der Waals surface area contributed by atoms with Crippen LogP contribution in [0.2, 0.25) is 0 Å². The number of nitrogens with two attached hydrogens (primary N) is 1. The number of carbonyl (C=O) groups excluding carboxylic acids is 1. The summed E-state index contributed by atoms with van der Waals surface area (Å²) in [6.45, 7) is 2.86. The van der Waals surface area contributed by atoms with Crippen molar-refractivity contribution in [2.24, 2.45) is 5.73 Å². The van der Waals surface area contributed by atoms with E-state index in [1.54, 1.807) is 11.3 Å². The van der Waals surface area contributed by atoms with E-state index in [1.165, 1.54) is 4.88 Å². The number of thiophene rings is 1. The largest absolute Gasteiger partial charge is 0.333 e. The molecule has 2 N–H and O–H groups in total. The molecule has 1 aromatic heterocycles. The van der Waals surface area contributed by atoms with E-state index in [-0.39, 0.29) is 11.9 Å². The van der Waals surface area contributed by atoms with Gasteiger partial charge >= 0.3 is 0 Å². The molecule has 3 nitrogen and oxygen atoms in total. The lowest BCUT2D eigenvalue weighted by Gasteiger charge is -2.25. The van der Waals surface area contributed by atoms with Crippen LogP contribution in [0.15, 0.2) is 17.5 Å². The molecular weight excluding hydrogens is 244 g/mol. The van der Waals surface area contributed by atoms with Gasteiger partial charge in [-0.2, -0.15) is 0 Å². The zero-order valence-corrected chi connectivity index (χ0v) is 11.8. The Labute approximate surface area is 113 Å². The van der Waals surface area contributed by atoms with Crippen LogP contribution in [0.25, 0.3) is 0 Å². The maximum Gasteiger partial charge on any atom is 0.240 e. The third-order valence-corrected chi connectivity index (χ3v) is 4.22. The SMILES string of the molecule is CCCC[C@H](N)C(=O)N(Cc1cccs1)C1CC1. The summed E-state index contributed by atoms with van der Waals surface area (Å²) in [6.07, 6.45) is 5.21. The molecular formula is C14H22N2OS. The van der Waals surface area contributed by atoms with Crippen molar-refractivity contribution in [2.75, 3.05) is 0 Å². The molecule has 1 aliphatic rings. The average Bonchev–Trinajstić information content (AvgIpc) is 3.09. The van der Waals surface area contributed by atoms with Gasteiger partial charge in [0, 0.05) is 10.9 Å². The van der Waals surface area contributed by atoms with Crippen molar-refractivity contribution >= 4 is 17.2 Å². The van der Waals surface area contributed by atoms with Crippen molar-refractivity contribution in [3.05, 3.63) is 22.4 Å². The minimum atomic E-state index is -0.314. The average molecular weight is 266 g/mol. The van der Waals surface area contributed by atoms with Gasteiger partial charge in [0.25, 0.3) is 0 Å². The first-order valence-electron chi connectivity index (χ1n) is 6.80. The van der Waals surface area contributed by atoms with Crippen LogP contribution in [0.1, 0.15) is 43.9 Å². The fourth-order valence-electron chi connectivity index (χ4n) is 2.10. The van der Waals surface area contributed by atoms with Crippen molar-refractivity contribution < 1.29 is 4.79 Å². The normalized spacial score (nSPS) is 16.6. The zero-order valence-electron chi connectivity index (χ0n) is 11.0. The fourth-order valence-corrected chi connectivity index (χ4v) is 2.81. The zero-order chi connectivity index (χ0) is 13.0. The molecule has 18 heavy (non-hydrogen) atoms. The monoisotopic (exact) mass is 266 g/mol. The molecule has 0 unspecified atom stereocenters. The molecule has 100 valence electrons. The summed E-state index contributed by atoms with van der Waals surface area (Å²) in [7, 11) is 0. The maximum atomic E-state index is 12.4. The number of hydrogen-bond donors (Lipinski definition) is 1. The topological polar surface area (TPSA) is 46.3 Å². The van der Waals surface area contributed by atoms with Crippen LogP contribution in [-0.4, -0.2) is 22.9 Å². The second kappa shape index (κ2) is 6.34. The minimum absolute atomic E-state index is 0.138. The molecule has 1 fully saturated rings. The smallest absolute Gasteiger partial charge is 0.240 e. The van der Waals surface area contributed by atoms with Crippen molar-refractivity contribution in [2.45, 2.75) is 57.7 Å². The quantitative estimate of drug-likeness (QED) is 0.825. The molecule has 0 bridgehead atoms. The maximum absolute atomic E-state index is 12.4. The molecule has 0 spiro atoms. The first-order chi connectivity index (χ1) is 8.72. The van der Waals surface area contributed by atoms with Gasteiger partial charge in [-0.25, -0.2) is 0 Å². The molecule has 1 aliphatic carbocycles. The van der Waals surface area contributed by atoms with Gasteiger partial charge in [-0.1, -0.05) is 25.8 Å². The first kappa shape index (κ1) is 13.6. The van der Waals surface area contributed by atoms with Gasteiger partial charge in [0.2, 0.25) is 5.91 Å². The number of nitrogens with zero attached hydrogens (tertiary/aromatic N) is 1. The van der Waals surface area contributed by atoms with E-state index < -0.39 is 0 Å². The Morgan fingerprint density at radius 1 is 1.61 bits per heavy atom. The molecule has 0 aliphatic heterocycles. The lowest BCUT2D eigenvalue weighted by atomic mass is 10.1. The van der Waals surface area contributed by atoms with Crippen LogP contribution in [0, 0.1) is 0 Å². The van der Waals surface area contributed by atoms with E-state index in [0.717, 1.165) is 38.6 Å². The Morgan fingerprint density at radius 2 is 2.39 bits per heavy atom. The highest BCUT2D eigenvalue weighted by Gasteiger charge is 2.34. The summed E-state index contributed by atoms with van der Waals surface area (Å²) in [6, 6.07) is 4.25. The molecule has 1 amide bonds. The number of rotatable bonds is 7. The van der Waals surface area contributed by atoms with Gasteiger partial charge in [-0.05, 0) is 30.7 Å². The molecule has 2 rings (SSSR count). The van der Waals surface area contributed by atoms with Gasteiger partial charge < -0.3 is 10.6 Å². The van der Waals surface area contributed by atoms with E-state index in [4.69, 9.17) is 5.73 Å². The van der Waals surface area contributed by atoms with E-state index in [0.29, 0.717) is 6.04 Å².